The minimum absolute atomic E-state index is 0.0383. The molecule has 8 heteroatoms. The maximum Gasteiger partial charge on any atom is 0.324 e. The van der Waals surface area contributed by atoms with Crippen LogP contribution in [0.1, 0.15) is 30.6 Å². The highest BCUT2D eigenvalue weighted by atomic mass is 16.6. The Balaban J connectivity index is 2.85. The number of amides is 1. The van der Waals surface area contributed by atoms with Gasteiger partial charge in [-0.05, 0) is 25.3 Å². The summed E-state index contributed by atoms with van der Waals surface area (Å²) >= 11 is 0. The van der Waals surface area contributed by atoms with E-state index in [9.17, 15) is 20.0 Å². The molecule has 0 aliphatic heterocycles. The van der Waals surface area contributed by atoms with Gasteiger partial charge in [0.25, 0.3) is 5.91 Å². The summed E-state index contributed by atoms with van der Waals surface area (Å²) in [5.74, 6) is -0.415. The molecule has 21 heavy (non-hydrogen) atoms. The van der Waals surface area contributed by atoms with Gasteiger partial charge in [0.15, 0.2) is 0 Å². The van der Waals surface area contributed by atoms with E-state index in [0.717, 1.165) is 0 Å². The topological polar surface area (TPSA) is 117 Å². The van der Waals surface area contributed by atoms with Crippen LogP contribution in [0.25, 0.3) is 0 Å². The van der Waals surface area contributed by atoms with Crippen LogP contribution in [0.4, 0.5) is 11.5 Å². The summed E-state index contributed by atoms with van der Waals surface area (Å²) in [6.45, 7) is 3.89. The average Bonchev–Trinajstić information content (AvgIpc) is 2.42. The van der Waals surface area contributed by atoms with Crippen LogP contribution in [0.3, 0.4) is 0 Å². The van der Waals surface area contributed by atoms with E-state index in [2.05, 4.69) is 15.6 Å². The van der Waals surface area contributed by atoms with Crippen LogP contribution in [0.5, 0.6) is 0 Å². The van der Waals surface area contributed by atoms with Gasteiger partial charge in [0, 0.05) is 19.8 Å². The number of aliphatic hydroxyl groups is 1. The summed E-state index contributed by atoms with van der Waals surface area (Å²) in [6.07, 6.45) is 1.43. The number of carbonyl (C=O) groups is 1. The molecule has 0 aromatic carbocycles. The minimum Gasteiger partial charge on any atom is -0.393 e. The Bertz CT molecular complexity index is 519. The number of pyridine rings is 1. The van der Waals surface area contributed by atoms with Crippen molar-refractivity contribution >= 4 is 17.4 Å². The molecule has 8 nitrogen and oxygen atoms in total. The largest absolute Gasteiger partial charge is 0.393 e. The summed E-state index contributed by atoms with van der Waals surface area (Å²) < 4.78 is 0. The van der Waals surface area contributed by atoms with Crippen molar-refractivity contribution in [2.75, 3.05) is 18.9 Å². The molecule has 2 unspecified atom stereocenters. The molecule has 0 saturated heterocycles. The van der Waals surface area contributed by atoms with Crippen molar-refractivity contribution in [1.29, 1.82) is 0 Å². The molecule has 0 saturated carbocycles. The van der Waals surface area contributed by atoms with Crippen molar-refractivity contribution in [3.05, 3.63) is 27.9 Å². The van der Waals surface area contributed by atoms with Gasteiger partial charge in [0.2, 0.25) is 5.82 Å². The SMILES string of the molecule is CNc1nccc(C(=O)NCC(C)CC(C)O)c1[N+](=O)[O-]. The van der Waals surface area contributed by atoms with Crippen LogP contribution in [0.2, 0.25) is 0 Å². The van der Waals surface area contributed by atoms with Crippen molar-refractivity contribution in [3.63, 3.8) is 0 Å². The second kappa shape index (κ2) is 7.53. The predicted molar refractivity (Wildman–Crippen MR) is 78.2 cm³/mol. The lowest BCUT2D eigenvalue weighted by Gasteiger charge is -2.14. The fourth-order valence-corrected chi connectivity index (χ4v) is 2.03. The van der Waals surface area contributed by atoms with Crippen LogP contribution >= 0.6 is 0 Å². The van der Waals surface area contributed by atoms with Crippen molar-refractivity contribution in [3.8, 4) is 0 Å². The molecule has 1 amide bonds. The Hall–Kier alpha value is -2.22. The van der Waals surface area contributed by atoms with Gasteiger partial charge in [-0.3, -0.25) is 14.9 Å². The average molecular weight is 296 g/mol. The van der Waals surface area contributed by atoms with Gasteiger partial charge in [-0.1, -0.05) is 6.92 Å². The quantitative estimate of drug-likeness (QED) is 0.513. The summed E-state index contributed by atoms with van der Waals surface area (Å²) in [5.41, 5.74) is -0.385. The third kappa shape index (κ3) is 4.67. The van der Waals surface area contributed by atoms with E-state index in [0.29, 0.717) is 13.0 Å². The van der Waals surface area contributed by atoms with E-state index in [1.807, 2.05) is 6.92 Å². The Labute approximate surface area is 122 Å². The molecule has 0 fully saturated rings. The number of anilines is 1. The zero-order valence-corrected chi connectivity index (χ0v) is 12.3. The molecule has 3 N–H and O–H groups in total. The lowest BCUT2D eigenvalue weighted by molar-refractivity contribution is -0.384. The van der Waals surface area contributed by atoms with Crippen molar-refractivity contribution < 1.29 is 14.8 Å². The monoisotopic (exact) mass is 296 g/mol. The highest BCUT2D eigenvalue weighted by molar-refractivity contribution is 5.99. The van der Waals surface area contributed by atoms with Crippen molar-refractivity contribution in [1.82, 2.24) is 10.3 Å². The maximum atomic E-state index is 12.1. The summed E-state index contributed by atoms with van der Waals surface area (Å²) in [6, 6.07) is 1.31. The van der Waals surface area contributed by atoms with Crippen molar-refractivity contribution in [2.24, 2.45) is 5.92 Å². The molecule has 1 aromatic rings. The Kier molecular flexibility index (Phi) is 6.04. The van der Waals surface area contributed by atoms with E-state index in [-0.39, 0.29) is 23.0 Å². The van der Waals surface area contributed by atoms with Crippen LogP contribution in [0, 0.1) is 16.0 Å². The molecule has 1 heterocycles. The fourth-order valence-electron chi connectivity index (χ4n) is 2.03. The number of rotatable bonds is 7. The molecule has 2 atom stereocenters. The van der Waals surface area contributed by atoms with Crippen LogP contribution < -0.4 is 10.6 Å². The van der Waals surface area contributed by atoms with Gasteiger partial charge >= 0.3 is 5.69 Å². The second-order valence-corrected chi connectivity index (χ2v) is 4.96. The minimum atomic E-state index is -0.632. The first-order valence-corrected chi connectivity index (χ1v) is 6.64. The Morgan fingerprint density at radius 1 is 1.52 bits per heavy atom. The van der Waals surface area contributed by atoms with Gasteiger partial charge in [0.1, 0.15) is 5.56 Å². The Morgan fingerprint density at radius 2 is 2.19 bits per heavy atom. The number of hydrogen-bond donors (Lipinski definition) is 3. The van der Waals surface area contributed by atoms with Gasteiger partial charge in [-0.25, -0.2) is 4.98 Å². The first-order valence-electron chi connectivity index (χ1n) is 6.64. The smallest absolute Gasteiger partial charge is 0.324 e. The summed E-state index contributed by atoms with van der Waals surface area (Å²) in [5, 5.41) is 25.6. The molecule has 0 radical (unpaired) electrons. The zero-order chi connectivity index (χ0) is 16.0. The van der Waals surface area contributed by atoms with E-state index >= 15 is 0 Å². The Morgan fingerprint density at radius 3 is 2.71 bits per heavy atom. The molecule has 0 aliphatic carbocycles. The molecule has 0 aliphatic rings. The molecule has 116 valence electrons. The molecule has 0 spiro atoms. The number of nitrogens with zero attached hydrogens (tertiary/aromatic N) is 2. The summed E-state index contributed by atoms with van der Waals surface area (Å²) in [4.78, 5) is 26.4. The summed E-state index contributed by atoms with van der Waals surface area (Å²) in [7, 11) is 1.50. The van der Waals surface area contributed by atoms with Crippen LogP contribution in [-0.4, -0.2) is 40.6 Å². The lowest BCUT2D eigenvalue weighted by Crippen LogP contribution is -2.30. The van der Waals surface area contributed by atoms with Crippen molar-refractivity contribution in [2.45, 2.75) is 26.4 Å². The third-order valence-corrected chi connectivity index (χ3v) is 2.94. The molecular formula is C13H20N4O4. The number of hydrogen-bond acceptors (Lipinski definition) is 6. The second-order valence-electron chi connectivity index (χ2n) is 4.96. The fraction of sp³-hybridized carbons (Fsp3) is 0.538. The molecule has 1 aromatic heterocycles. The number of carbonyl (C=O) groups excluding carboxylic acids is 1. The lowest BCUT2D eigenvalue weighted by atomic mass is 10.0. The maximum absolute atomic E-state index is 12.1. The molecule has 1 rings (SSSR count). The van der Waals surface area contributed by atoms with Gasteiger partial charge in [0.05, 0.1) is 11.0 Å². The molecule has 0 bridgehead atoms. The highest BCUT2D eigenvalue weighted by Gasteiger charge is 2.25. The standard InChI is InChI=1S/C13H20N4O4/c1-8(6-9(2)18)7-16-13(19)10-4-5-15-12(14-3)11(10)17(20)21/h4-5,8-9,18H,6-7H2,1-3H3,(H,14,15)(H,16,19). The normalized spacial score (nSPS) is 13.3. The van der Waals surface area contributed by atoms with Gasteiger partial charge in [-0.15, -0.1) is 0 Å². The molecular weight excluding hydrogens is 276 g/mol. The number of aromatic nitrogens is 1. The number of nitrogens with one attached hydrogen (secondary N) is 2. The van der Waals surface area contributed by atoms with E-state index in [1.165, 1.54) is 19.3 Å². The van der Waals surface area contributed by atoms with Crippen LogP contribution in [-0.2, 0) is 0 Å². The van der Waals surface area contributed by atoms with Crippen LogP contribution in [0.15, 0.2) is 12.3 Å². The first-order chi connectivity index (χ1) is 9.86. The van der Waals surface area contributed by atoms with E-state index in [1.54, 1.807) is 6.92 Å². The first kappa shape index (κ1) is 16.8. The van der Waals surface area contributed by atoms with Gasteiger partial charge in [-0.2, -0.15) is 0 Å². The zero-order valence-electron chi connectivity index (χ0n) is 12.3. The third-order valence-electron chi connectivity index (χ3n) is 2.94. The predicted octanol–water partition coefficient (Wildman–Crippen LogP) is 1.17. The van der Waals surface area contributed by atoms with E-state index < -0.39 is 16.9 Å². The highest BCUT2D eigenvalue weighted by Crippen LogP contribution is 2.25. The van der Waals surface area contributed by atoms with E-state index in [4.69, 9.17) is 0 Å². The number of aliphatic hydroxyl groups excluding tert-OH is 1. The number of nitro groups is 1. The van der Waals surface area contributed by atoms with Gasteiger partial charge < -0.3 is 15.7 Å².